The van der Waals surface area contributed by atoms with Crippen LogP contribution in [0.4, 0.5) is 0 Å². The first-order valence-electron chi connectivity index (χ1n) is 4.83. The Bertz CT molecular complexity index is 192. The summed E-state index contributed by atoms with van der Waals surface area (Å²) in [7, 11) is 0. The van der Waals surface area contributed by atoms with Crippen LogP contribution >= 0.6 is 12.5 Å². The van der Waals surface area contributed by atoms with Crippen molar-refractivity contribution in [2.24, 2.45) is 0 Å². The van der Waals surface area contributed by atoms with Crippen molar-refractivity contribution >= 4 is 19.0 Å². The molecule has 0 saturated carbocycles. The molecule has 0 fully saturated rings. The predicted molar refractivity (Wildman–Crippen MR) is 60.0 cm³/mol. The lowest BCUT2D eigenvalue weighted by Gasteiger charge is -2.23. The maximum Gasteiger partial charge on any atom is 0.194 e. The average Bonchev–Trinajstić information content (AvgIpc) is 2.18. The molecule has 1 unspecified atom stereocenters. The molecule has 1 rings (SSSR count). The van der Waals surface area contributed by atoms with Gasteiger partial charge >= 0.3 is 0 Å². The molecule has 0 aliphatic heterocycles. The SMILES string of the molecule is CC1(BS)CC#CCCCCC1. The highest BCUT2D eigenvalue weighted by atomic mass is 32.1. The van der Waals surface area contributed by atoms with E-state index in [1.807, 2.05) is 0 Å². The highest BCUT2D eigenvalue weighted by Gasteiger charge is 2.22. The summed E-state index contributed by atoms with van der Waals surface area (Å²) in [6.07, 6.45) is 7.42. The van der Waals surface area contributed by atoms with Crippen molar-refractivity contribution in [2.45, 2.75) is 50.8 Å². The third kappa shape index (κ3) is 3.15. The maximum atomic E-state index is 4.40. The first-order chi connectivity index (χ1) is 5.77. The molecule has 0 radical (unpaired) electrons. The van der Waals surface area contributed by atoms with E-state index in [9.17, 15) is 0 Å². The summed E-state index contributed by atoms with van der Waals surface area (Å²) < 4.78 is 0. The van der Waals surface area contributed by atoms with Gasteiger partial charge in [-0.1, -0.05) is 26.2 Å². The molecule has 0 bridgehead atoms. The lowest BCUT2D eigenvalue weighted by Crippen LogP contribution is -2.12. The first-order valence-corrected chi connectivity index (χ1v) is 5.47. The van der Waals surface area contributed by atoms with Crippen molar-refractivity contribution < 1.29 is 0 Å². The van der Waals surface area contributed by atoms with Crippen molar-refractivity contribution in [3.8, 4) is 11.8 Å². The maximum absolute atomic E-state index is 4.40. The summed E-state index contributed by atoms with van der Waals surface area (Å²) in [5, 5.41) is 0.375. The van der Waals surface area contributed by atoms with E-state index in [1.165, 1.54) is 25.7 Å². The summed E-state index contributed by atoms with van der Waals surface area (Å²) in [6.45, 7) is 3.28. The molecule has 1 aliphatic carbocycles. The van der Waals surface area contributed by atoms with Gasteiger partial charge in [0.15, 0.2) is 6.56 Å². The summed E-state index contributed by atoms with van der Waals surface area (Å²) in [6, 6.07) is 0. The fourth-order valence-electron chi connectivity index (χ4n) is 1.53. The van der Waals surface area contributed by atoms with E-state index in [4.69, 9.17) is 0 Å². The van der Waals surface area contributed by atoms with Gasteiger partial charge in [-0.05, 0) is 11.7 Å². The highest BCUT2D eigenvalue weighted by Crippen LogP contribution is 2.36. The molecule has 0 saturated heterocycles. The minimum atomic E-state index is 0.375. The van der Waals surface area contributed by atoms with Gasteiger partial charge < -0.3 is 0 Å². The second-order valence-corrected chi connectivity index (χ2v) is 4.38. The minimum Gasteiger partial charge on any atom is -0.231 e. The number of thiol groups is 1. The lowest BCUT2D eigenvalue weighted by atomic mass is 9.64. The van der Waals surface area contributed by atoms with Crippen molar-refractivity contribution in [2.75, 3.05) is 0 Å². The van der Waals surface area contributed by atoms with Gasteiger partial charge in [-0.15, -0.1) is 11.8 Å². The quantitative estimate of drug-likeness (QED) is 0.358. The van der Waals surface area contributed by atoms with Crippen LogP contribution in [-0.4, -0.2) is 6.56 Å². The molecule has 0 spiro atoms. The molecule has 0 nitrogen and oxygen atoms in total. The zero-order valence-corrected chi connectivity index (χ0v) is 8.79. The van der Waals surface area contributed by atoms with Crippen molar-refractivity contribution in [1.82, 2.24) is 0 Å². The third-order valence-electron chi connectivity index (χ3n) is 2.60. The Morgan fingerprint density at radius 3 is 2.83 bits per heavy atom. The van der Waals surface area contributed by atoms with Gasteiger partial charge in [0.1, 0.15) is 0 Å². The van der Waals surface area contributed by atoms with Crippen LogP contribution in [-0.2, 0) is 0 Å². The Kier molecular flexibility index (Phi) is 4.08. The molecule has 0 aromatic heterocycles. The molecule has 66 valence electrons. The fourth-order valence-corrected chi connectivity index (χ4v) is 1.80. The molecule has 0 N–H and O–H groups in total. The third-order valence-corrected chi connectivity index (χ3v) is 3.37. The van der Waals surface area contributed by atoms with Crippen LogP contribution in [0.2, 0.25) is 5.31 Å². The second-order valence-electron chi connectivity index (χ2n) is 4.06. The summed E-state index contributed by atoms with van der Waals surface area (Å²) in [4.78, 5) is 0. The molecular formula is C10H17BS. The highest BCUT2D eigenvalue weighted by molar-refractivity contribution is 8.07. The van der Waals surface area contributed by atoms with E-state index >= 15 is 0 Å². The van der Waals surface area contributed by atoms with E-state index in [0.717, 1.165) is 19.4 Å². The van der Waals surface area contributed by atoms with Crippen LogP contribution in [0.25, 0.3) is 0 Å². The van der Waals surface area contributed by atoms with Gasteiger partial charge in [-0.3, -0.25) is 0 Å². The monoisotopic (exact) mass is 180 g/mol. The molecule has 1 aliphatic rings. The van der Waals surface area contributed by atoms with E-state index in [0.29, 0.717) is 5.31 Å². The van der Waals surface area contributed by atoms with Crippen LogP contribution in [0, 0.1) is 11.8 Å². The van der Waals surface area contributed by atoms with Gasteiger partial charge in [-0.2, -0.15) is 0 Å². The minimum absolute atomic E-state index is 0.375. The van der Waals surface area contributed by atoms with Crippen LogP contribution < -0.4 is 0 Å². The molecule has 0 aromatic rings. The van der Waals surface area contributed by atoms with E-state index in [1.54, 1.807) is 0 Å². The molecule has 0 heterocycles. The summed E-state index contributed by atoms with van der Waals surface area (Å²) in [5.74, 6) is 6.50. The lowest BCUT2D eigenvalue weighted by molar-refractivity contribution is 0.526. The Morgan fingerprint density at radius 2 is 2.08 bits per heavy atom. The normalized spacial score (nSPS) is 30.5. The van der Waals surface area contributed by atoms with Crippen molar-refractivity contribution in [3.05, 3.63) is 0 Å². The van der Waals surface area contributed by atoms with E-state index < -0.39 is 0 Å². The van der Waals surface area contributed by atoms with E-state index in [2.05, 4.69) is 31.2 Å². The van der Waals surface area contributed by atoms with Gasteiger partial charge in [-0.25, -0.2) is 12.5 Å². The topological polar surface area (TPSA) is 0 Å². The second kappa shape index (κ2) is 4.87. The van der Waals surface area contributed by atoms with Gasteiger partial charge in [0.25, 0.3) is 0 Å². The molecule has 0 aromatic carbocycles. The first kappa shape index (κ1) is 10.1. The Morgan fingerprint density at radius 1 is 1.25 bits per heavy atom. The fraction of sp³-hybridized carbons (Fsp3) is 0.800. The Balaban J connectivity index is 2.53. The summed E-state index contributed by atoms with van der Waals surface area (Å²) in [5.41, 5.74) is 0. The number of rotatable bonds is 1. The zero-order chi connectivity index (χ0) is 8.86. The molecular weight excluding hydrogens is 163 g/mol. The van der Waals surface area contributed by atoms with Gasteiger partial charge in [0.2, 0.25) is 0 Å². The van der Waals surface area contributed by atoms with Crippen LogP contribution in [0.15, 0.2) is 0 Å². The van der Waals surface area contributed by atoms with Crippen LogP contribution in [0.1, 0.15) is 45.4 Å². The van der Waals surface area contributed by atoms with E-state index in [-0.39, 0.29) is 0 Å². The van der Waals surface area contributed by atoms with Crippen LogP contribution in [0.3, 0.4) is 0 Å². The Labute approximate surface area is 82.1 Å². The number of hydrogen-bond acceptors (Lipinski definition) is 1. The van der Waals surface area contributed by atoms with Gasteiger partial charge in [0.05, 0.1) is 0 Å². The predicted octanol–water partition coefficient (Wildman–Crippen LogP) is 2.80. The Hall–Kier alpha value is -0.0251. The van der Waals surface area contributed by atoms with Crippen LogP contribution in [0.5, 0.6) is 0 Å². The standard InChI is InChI=1S/C10H17BS/c1-10(11-12)8-6-4-2-3-5-7-9-10/h11-12H,2-4,6,8-9H2,1H3. The molecule has 2 heteroatoms. The molecule has 1 atom stereocenters. The van der Waals surface area contributed by atoms with Crippen molar-refractivity contribution in [1.29, 1.82) is 0 Å². The summed E-state index contributed by atoms with van der Waals surface area (Å²) >= 11 is 4.40. The van der Waals surface area contributed by atoms with Gasteiger partial charge in [0, 0.05) is 12.8 Å². The largest absolute Gasteiger partial charge is 0.231 e. The molecule has 0 amide bonds. The zero-order valence-electron chi connectivity index (χ0n) is 7.90. The smallest absolute Gasteiger partial charge is 0.194 e. The van der Waals surface area contributed by atoms with Crippen molar-refractivity contribution in [3.63, 3.8) is 0 Å². The molecule has 12 heavy (non-hydrogen) atoms. The number of hydrogen-bond donors (Lipinski definition) is 1. The average molecular weight is 180 g/mol.